The van der Waals surface area contributed by atoms with Gasteiger partial charge >= 0.3 is 0 Å². The Kier molecular flexibility index (Phi) is 4.05. The van der Waals surface area contributed by atoms with Crippen LogP contribution in [0.3, 0.4) is 0 Å². The number of hydrazine groups is 1. The van der Waals surface area contributed by atoms with Crippen LogP contribution in [-0.2, 0) is 0 Å². The summed E-state index contributed by atoms with van der Waals surface area (Å²) in [5.74, 6) is 0. The molecule has 1 aliphatic heterocycles. The van der Waals surface area contributed by atoms with Crippen molar-refractivity contribution >= 4 is 0 Å². The zero-order valence-corrected chi connectivity index (χ0v) is 12.6. The normalized spacial score (nSPS) is 41.2. The van der Waals surface area contributed by atoms with Crippen LogP contribution in [0.15, 0.2) is 0 Å². The van der Waals surface area contributed by atoms with Crippen molar-refractivity contribution in [3.05, 3.63) is 0 Å². The van der Waals surface area contributed by atoms with E-state index in [-0.39, 0.29) is 5.54 Å². The third-order valence-corrected chi connectivity index (χ3v) is 5.05. The van der Waals surface area contributed by atoms with Crippen molar-refractivity contribution in [2.24, 2.45) is 11.1 Å². The molecule has 0 amide bonds. The van der Waals surface area contributed by atoms with Crippen LogP contribution in [0.4, 0.5) is 0 Å². The van der Waals surface area contributed by atoms with Crippen LogP contribution < -0.4 is 11.2 Å². The van der Waals surface area contributed by atoms with Gasteiger partial charge in [0.2, 0.25) is 0 Å². The first-order valence-electron chi connectivity index (χ1n) is 7.64. The smallest absolute Gasteiger partial charge is 0.0453 e. The first-order valence-corrected chi connectivity index (χ1v) is 7.64. The van der Waals surface area contributed by atoms with Crippen molar-refractivity contribution in [3.8, 4) is 0 Å². The Balaban J connectivity index is 2.06. The number of rotatable bonds is 3. The Bertz CT molecular complexity index is 279. The second kappa shape index (κ2) is 5.10. The summed E-state index contributed by atoms with van der Waals surface area (Å²) in [6.45, 7) is 10.2. The minimum atomic E-state index is 0.142. The first kappa shape index (κ1) is 14.3. The number of hydrogen-bond acceptors (Lipinski definition) is 3. The molecule has 2 aliphatic rings. The number of piperidine rings is 1. The molecule has 0 bridgehead atoms. The Morgan fingerprint density at radius 1 is 1.17 bits per heavy atom. The lowest BCUT2D eigenvalue weighted by Crippen LogP contribution is -2.63. The Morgan fingerprint density at radius 2 is 1.78 bits per heavy atom. The van der Waals surface area contributed by atoms with E-state index in [1.54, 1.807) is 0 Å². The molecule has 0 spiro atoms. The number of nitrogens with two attached hydrogens (primary N) is 1. The van der Waals surface area contributed by atoms with E-state index in [9.17, 15) is 0 Å². The first-order chi connectivity index (χ1) is 8.37. The minimum Gasteiger partial charge on any atom is -0.329 e. The molecule has 1 saturated heterocycles. The fourth-order valence-electron chi connectivity index (χ4n) is 3.90. The maximum absolute atomic E-state index is 6.11. The Labute approximate surface area is 112 Å². The van der Waals surface area contributed by atoms with E-state index in [1.165, 1.54) is 38.5 Å². The maximum atomic E-state index is 6.11. The third-order valence-electron chi connectivity index (χ3n) is 5.05. The molecule has 2 fully saturated rings. The van der Waals surface area contributed by atoms with E-state index in [2.05, 4.69) is 38.1 Å². The van der Waals surface area contributed by atoms with Gasteiger partial charge in [-0.1, -0.05) is 20.3 Å². The predicted octanol–water partition coefficient (Wildman–Crippen LogP) is 2.66. The summed E-state index contributed by atoms with van der Waals surface area (Å²) in [5.41, 5.74) is 10.5. The van der Waals surface area contributed by atoms with Gasteiger partial charge in [0.25, 0.3) is 0 Å². The molecule has 0 aromatic rings. The highest BCUT2D eigenvalue weighted by Crippen LogP contribution is 2.43. The Hall–Kier alpha value is -0.120. The molecule has 3 N–H and O–H groups in total. The minimum absolute atomic E-state index is 0.142. The predicted molar refractivity (Wildman–Crippen MR) is 77.2 cm³/mol. The van der Waals surface area contributed by atoms with E-state index >= 15 is 0 Å². The quantitative estimate of drug-likeness (QED) is 0.812. The van der Waals surface area contributed by atoms with Crippen molar-refractivity contribution in [1.82, 2.24) is 10.4 Å². The average molecular weight is 253 g/mol. The zero-order valence-electron chi connectivity index (χ0n) is 12.6. The Morgan fingerprint density at radius 3 is 2.22 bits per heavy atom. The van der Waals surface area contributed by atoms with Crippen LogP contribution in [-0.4, -0.2) is 29.2 Å². The van der Waals surface area contributed by atoms with Gasteiger partial charge in [-0.25, -0.2) is 10.4 Å². The molecule has 1 heterocycles. The van der Waals surface area contributed by atoms with Gasteiger partial charge in [-0.15, -0.1) is 0 Å². The van der Waals surface area contributed by atoms with Gasteiger partial charge in [0, 0.05) is 24.2 Å². The van der Waals surface area contributed by atoms with E-state index in [1.807, 2.05) is 0 Å². The number of nitrogens with zero attached hydrogens (tertiary/aromatic N) is 1. The van der Waals surface area contributed by atoms with Crippen LogP contribution in [0, 0.1) is 5.41 Å². The summed E-state index contributed by atoms with van der Waals surface area (Å²) in [4.78, 5) is 0. The summed E-state index contributed by atoms with van der Waals surface area (Å²) >= 11 is 0. The van der Waals surface area contributed by atoms with E-state index in [0.717, 1.165) is 6.54 Å². The summed E-state index contributed by atoms with van der Waals surface area (Å²) in [6.07, 6.45) is 7.68. The van der Waals surface area contributed by atoms with Crippen molar-refractivity contribution in [2.75, 3.05) is 6.54 Å². The van der Waals surface area contributed by atoms with Gasteiger partial charge in [-0.05, 0) is 51.4 Å². The molecule has 0 aromatic heterocycles. The lowest BCUT2D eigenvalue weighted by Gasteiger charge is -2.45. The standard InChI is InChI=1S/C15H31N3/c1-12-6-5-7-13(2)18(12)17-15(11-16)9-8-14(3,4)10-15/h12-13,17H,5-11,16H2,1-4H3. The fourth-order valence-corrected chi connectivity index (χ4v) is 3.90. The molecular weight excluding hydrogens is 222 g/mol. The van der Waals surface area contributed by atoms with Crippen molar-refractivity contribution in [1.29, 1.82) is 0 Å². The van der Waals surface area contributed by atoms with E-state index < -0.39 is 0 Å². The van der Waals surface area contributed by atoms with E-state index in [0.29, 0.717) is 17.5 Å². The monoisotopic (exact) mass is 253 g/mol. The molecule has 106 valence electrons. The van der Waals surface area contributed by atoms with Gasteiger partial charge in [-0.3, -0.25) is 0 Å². The van der Waals surface area contributed by atoms with Gasteiger partial charge in [0.05, 0.1) is 0 Å². The average Bonchev–Trinajstić information content (AvgIpc) is 2.61. The highest BCUT2D eigenvalue weighted by atomic mass is 15.6. The van der Waals surface area contributed by atoms with Gasteiger partial charge in [0.15, 0.2) is 0 Å². The summed E-state index contributed by atoms with van der Waals surface area (Å²) in [6, 6.07) is 1.28. The molecule has 18 heavy (non-hydrogen) atoms. The third kappa shape index (κ3) is 2.89. The second-order valence-corrected chi connectivity index (χ2v) is 7.47. The molecule has 0 aromatic carbocycles. The second-order valence-electron chi connectivity index (χ2n) is 7.47. The molecule has 3 atom stereocenters. The SMILES string of the molecule is CC1CCCC(C)N1NC1(CN)CCC(C)(C)C1. The van der Waals surface area contributed by atoms with Crippen molar-refractivity contribution in [3.63, 3.8) is 0 Å². The highest BCUT2D eigenvalue weighted by Gasteiger charge is 2.44. The number of hydrogen-bond donors (Lipinski definition) is 2. The van der Waals surface area contributed by atoms with Gasteiger partial charge < -0.3 is 5.73 Å². The highest BCUT2D eigenvalue weighted by molar-refractivity contribution is 5.01. The molecule has 3 unspecified atom stereocenters. The van der Waals surface area contributed by atoms with Crippen LogP contribution in [0.2, 0.25) is 0 Å². The summed E-state index contributed by atoms with van der Waals surface area (Å²) < 4.78 is 0. The maximum Gasteiger partial charge on any atom is 0.0453 e. The van der Waals surface area contributed by atoms with Crippen molar-refractivity contribution in [2.45, 2.75) is 83.8 Å². The fraction of sp³-hybridized carbons (Fsp3) is 1.00. The van der Waals surface area contributed by atoms with Crippen LogP contribution in [0.1, 0.15) is 66.2 Å². The lowest BCUT2D eigenvalue weighted by atomic mass is 9.88. The van der Waals surface area contributed by atoms with Crippen LogP contribution in [0.5, 0.6) is 0 Å². The van der Waals surface area contributed by atoms with Gasteiger partial charge in [0.1, 0.15) is 0 Å². The molecule has 3 nitrogen and oxygen atoms in total. The zero-order chi connectivity index (χ0) is 13.4. The molecule has 2 rings (SSSR count). The van der Waals surface area contributed by atoms with Gasteiger partial charge in [-0.2, -0.15) is 0 Å². The summed E-state index contributed by atoms with van der Waals surface area (Å²) in [5, 5.41) is 2.50. The lowest BCUT2D eigenvalue weighted by molar-refractivity contribution is 0.000795. The molecule has 1 saturated carbocycles. The number of nitrogens with one attached hydrogen (secondary N) is 1. The molecule has 0 radical (unpaired) electrons. The van der Waals surface area contributed by atoms with Crippen molar-refractivity contribution < 1.29 is 0 Å². The largest absolute Gasteiger partial charge is 0.329 e. The molecule has 1 aliphatic carbocycles. The molecule has 3 heteroatoms. The van der Waals surface area contributed by atoms with Crippen LogP contribution >= 0.6 is 0 Å². The van der Waals surface area contributed by atoms with E-state index in [4.69, 9.17) is 5.73 Å². The summed E-state index contributed by atoms with van der Waals surface area (Å²) in [7, 11) is 0. The topological polar surface area (TPSA) is 41.3 Å². The molecular formula is C15H31N3. The van der Waals surface area contributed by atoms with Crippen LogP contribution in [0.25, 0.3) is 0 Å².